The van der Waals surface area contributed by atoms with E-state index in [4.69, 9.17) is 9.72 Å². The van der Waals surface area contributed by atoms with Gasteiger partial charge in [-0.25, -0.2) is 13.4 Å². The first kappa shape index (κ1) is 21.6. The molecule has 0 spiro atoms. The number of hydrogen-bond acceptors (Lipinski definition) is 7. The van der Waals surface area contributed by atoms with Gasteiger partial charge in [0.05, 0.1) is 28.0 Å². The van der Waals surface area contributed by atoms with Crippen molar-refractivity contribution in [1.82, 2.24) is 9.88 Å². The maximum Gasteiger partial charge on any atom is 0.223 e. The Bertz CT molecular complexity index is 1180. The highest BCUT2D eigenvalue weighted by molar-refractivity contribution is 7.91. The number of carbonyl (C=O) groups is 1. The largest absolute Gasteiger partial charge is 0.497 e. The normalized spacial score (nSPS) is 14.8. The van der Waals surface area contributed by atoms with Crippen LogP contribution in [0.1, 0.15) is 12.0 Å². The minimum Gasteiger partial charge on any atom is -0.497 e. The summed E-state index contributed by atoms with van der Waals surface area (Å²) in [6.07, 6.45) is -0.0191. The molecule has 3 aromatic rings. The zero-order chi connectivity index (χ0) is 22.0. The van der Waals surface area contributed by atoms with Gasteiger partial charge < -0.3 is 14.5 Å². The number of piperazine rings is 1. The smallest absolute Gasteiger partial charge is 0.223 e. The molecule has 2 aromatic carbocycles. The van der Waals surface area contributed by atoms with Gasteiger partial charge in [0.15, 0.2) is 15.0 Å². The summed E-state index contributed by atoms with van der Waals surface area (Å²) in [6.45, 7) is 4.58. The number of aromatic nitrogens is 1. The topological polar surface area (TPSA) is 79.8 Å². The Morgan fingerprint density at radius 3 is 2.48 bits per heavy atom. The van der Waals surface area contributed by atoms with Crippen LogP contribution in [0.5, 0.6) is 5.75 Å². The molecule has 7 nitrogen and oxygen atoms in total. The number of methoxy groups -OCH3 is 1. The van der Waals surface area contributed by atoms with Gasteiger partial charge in [0.2, 0.25) is 5.91 Å². The number of benzene rings is 2. The SMILES string of the molecule is COc1ccc(S(=O)(=O)CCC(=O)N2CCN(c3nc4ccc(C)cc4s3)CC2)cc1. The highest BCUT2D eigenvalue weighted by atomic mass is 32.2. The number of carbonyl (C=O) groups excluding carboxylic acids is 1. The summed E-state index contributed by atoms with van der Waals surface area (Å²) in [4.78, 5) is 21.5. The number of amides is 1. The molecule has 1 amide bonds. The van der Waals surface area contributed by atoms with E-state index < -0.39 is 9.84 Å². The lowest BCUT2D eigenvalue weighted by atomic mass is 10.2. The summed E-state index contributed by atoms with van der Waals surface area (Å²) in [5, 5.41) is 0.967. The third-order valence-electron chi connectivity index (χ3n) is 5.44. The lowest BCUT2D eigenvalue weighted by Gasteiger charge is -2.34. The first-order chi connectivity index (χ1) is 14.9. The number of thiazole rings is 1. The van der Waals surface area contributed by atoms with E-state index in [1.54, 1.807) is 28.4 Å². The molecule has 1 fully saturated rings. The fraction of sp³-hybridized carbons (Fsp3) is 0.364. The monoisotopic (exact) mass is 459 g/mol. The van der Waals surface area contributed by atoms with Crippen molar-refractivity contribution < 1.29 is 17.9 Å². The van der Waals surface area contributed by atoms with E-state index in [0.29, 0.717) is 31.9 Å². The Balaban J connectivity index is 1.32. The van der Waals surface area contributed by atoms with Crippen LogP contribution in [0.15, 0.2) is 47.4 Å². The molecule has 0 N–H and O–H groups in total. The van der Waals surface area contributed by atoms with Gasteiger partial charge >= 0.3 is 0 Å². The maximum absolute atomic E-state index is 12.6. The van der Waals surface area contributed by atoms with E-state index in [0.717, 1.165) is 15.3 Å². The van der Waals surface area contributed by atoms with E-state index in [-0.39, 0.29) is 23.0 Å². The molecule has 2 heterocycles. The molecule has 1 saturated heterocycles. The Kier molecular flexibility index (Phi) is 6.15. The molecule has 1 aromatic heterocycles. The fourth-order valence-electron chi connectivity index (χ4n) is 3.58. The molecular formula is C22H25N3O4S2. The second-order valence-corrected chi connectivity index (χ2v) is 10.7. The van der Waals surface area contributed by atoms with Crippen LogP contribution in [0.2, 0.25) is 0 Å². The van der Waals surface area contributed by atoms with Crippen molar-refractivity contribution in [3.63, 3.8) is 0 Å². The second kappa shape index (κ2) is 8.84. The molecule has 1 aliphatic rings. The van der Waals surface area contributed by atoms with Crippen LogP contribution >= 0.6 is 11.3 Å². The first-order valence-corrected chi connectivity index (χ1v) is 12.6. The van der Waals surface area contributed by atoms with Crippen LogP contribution in [-0.2, 0) is 14.6 Å². The zero-order valence-electron chi connectivity index (χ0n) is 17.6. The van der Waals surface area contributed by atoms with Crippen molar-refractivity contribution in [1.29, 1.82) is 0 Å². The molecule has 0 radical (unpaired) electrons. The van der Waals surface area contributed by atoms with Crippen LogP contribution in [0, 0.1) is 6.92 Å². The van der Waals surface area contributed by atoms with Gasteiger partial charge in [0.25, 0.3) is 0 Å². The summed E-state index contributed by atoms with van der Waals surface area (Å²) in [5.41, 5.74) is 2.20. The summed E-state index contributed by atoms with van der Waals surface area (Å²) < 4.78 is 31.3. The lowest BCUT2D eigenvalue weighted by molar-refractivity contribution is -0.131. The van der Waals surface area contributed by atoms with E-state index in [2.05, 4.69) is 24.0 Å². The molecule has 0 unspecified atom stereocenters. The molecule has 1 aliphatic heterocycles. The summed E-state index contributed by atoms with van der Waals surface area (Å²) in [6, 6.07) is 12.5. The Hall–Kier alpha value is -2.65. The zero-order valence-corrected chi connectivity index (χ0v) is 19.2. The van der Waals surface area contributed by atoms with Gasteiger partial charge in [-0.2, -0.15) is 0 Å². The van der Waals surface area contributed by atoms with Gasteiger partial charge in [-0.15, -0.1) is 0 Å². The summed E-state index contributed by atoms with van der Waals surface area (Å²) in [5.74, 6) is 0.267. The molecule has 164 valence electrons. The van der Waals surface area contributed by atoms with Crippen molar-refractivity contribution in [3.8, 4) is 5.75 Å². The minimum atomic E-state index is -3.51. The van der Waals surface area contributed by atoms with Crippen molar-refractivity contribution in [3.05, 3.63) is 48.0 Å². The van der Waals surface area contributed by atoms with Crippen LogP contribution < -0.4 is 9.64 Å². The van der Waals surface area contributed by atoms with Crippen LogP contribution in [0.4, 0.5) is 5.13 Å². The molecule has 4 rings (SSSR count). The number of nitrogens with zero attached hydrogens (tertiary/aromatic N) is 3. The molecule has 0 aliphatic carbocycles. The van der Waals surface area contributed by atoms with E-state index >= 15 is 0 Å². The number of rotatable bonds is 6. The summed E-state index contributed by atoms with van der Waals surface area (Å²) in [7, 11) is -1.99. The quantitative estimate of drug-likeness (QED) is 0.564. The van der Waals surface area contributed by atoms with Crippen molar-refractivity contribution in [2.24, 2.45) is 0 Å². The predicted octanol–water partition coefficient (Wildman–Crippen LogP) is 3.13. The van der Waals surface area contributed by atoms with Crippen LogP contribution in [0.3, 0.4) is 0 Å². The first-order valence-electron chi connectivity index (χ1n) is 10.1. The number of sulfone groups is 1. The summed E-state index contributed by atoms with van der Waals surface area (Å²) >= 11 is 1.66. The van der Waals surface area contributed by atoms with Crippen LogP contribution in [0.25, 0.3) is 10.2 Å². The predicted molar refractivity (Wildman–Crippen MR) is 123 cm³/mol. The lowest BCUT2D eigenvalue weighted by Crippen LogP contribution is -2.49. The van der Waals surface area contributed by atoms with Crippen molar-refractivity contribution in [2.45, 2.75) is 18.2 Å². The van der Waals surface area contributed by atoms with E-state index in [9.17, 15) is 13.2 Å². The number of fused-ring (bicyclic) bond motifs is 1. The Morgan fingerprint density at radius 1 is 1.10 bits per heavy atom. The third kappa shape index (κ3) is 4.83. The van der Waals surface area contributed by atoms with Crippen molar-refractivity contribution >= 4 is 42.4 Å². The molecule has 0 bridgehead atoms. The van der Waals surface area contributed by atoms with Gasteiger partial charge in [-0.3, -0.25) is 4.79 Å². The molecule has 9 heteroatoms. The highest BCUT2D eigenvalue weighted by Gasteiger charge is 2.25. The minimum absolute atomic E-state index is 0.0191. The van der Waals surface area contributed by atoms with Crippen LogP contribution in [-0.4, -0.2) is 63.3 Å². The highest BCUT2D eigenvalue weighted by Crippen LogP contribution is 2.30. The van der Waals surface area contributed by atoms with E-state index in [1.165, 1.54) is 24.8 Å². The number of aryl methyl sites for hydroxylation is 1. The number of hydrogen-bond donors (Lipinski definition) is 0. The average Bonchev–Trinajstić information content (AvgIpc) is 3.21. The second-order valence-electron chi connectivity index (χ2n) is 7.58. The fourth-order valence-corrected chi connectivity index (χ4v) is 5.93. The van der Waals surface area contributed by atoms with E-state index in [1.807, 2.05) is 6.07 Å². The third-order valence-corrected chi connectivity index (χ3v) is 8.25. The number of ether oxygens (including phenoxy) is 1. The van der Waals surface area contributed by atoms with Gasteiger partial charge in [-0.05, 0) is 48.9 Å². The van der Waals surface area contributed by atoms with Gasteiger partial charge in [0, 0.05) is 32.6 Å². The molecule has 0 saturated carbocycles. The Morgan fingerprint density at radius 2 is 1.81 bits per heavy atom. The van der Waals surface area contributed by atoms with Gasteiger partial charge in [-0.1, -0.05) is 17.4 Å². The number of anilines is 1. The molecule has 0 atom stereocenters. The molecular weight excluding hydrogens is 434 g/mol. The molecule has 31 heavy (non-hydrogen) atoms. The van der Waals surface area contributed by atoms with Gasteiger partial charge in [0.1, 0.15) is 5.75 Å². The van der Waals surface area contributed by atoms with Crippen molar-refractivity contribution in [2.75, 3.05) is 43.9 Å². The average molecular weight is 460 g/mol. The Labute approximate surface area is 186 Å². The maximum atomic E-state index is 12.6. The standard InChI is InChI=1S/C22H25N3O4S2/c1-16-3-8-19-20(15-16)30-22(23-19)25-12-10-24(11-13-25)21(26)9-14-31(27,28)18-6-4-17(29-2)5-7-18/h3-8,15H,9-14H2,1-2H3.